The number of fused-ring (bicyclic) bond motifs is 4. The lowest BCUT2D eigenvalue weighted by Gasteiger charge is -2.55. The van der Waals surface area contributed by atoms with Gasteiger partial charge in [-0.1, -0.05) is 41.5 Å². The number of aromatic nitrogens is 1. The first-order chi connectivity index (χ1) is 24.3. The monoisotopic (exact) mass is 727 g/mol. The Morgan fingerprint density at radius 3 is 2.29 bits per heavy atom. The lowest BCUT2D eigenvalue weighted by molar-refractivity contribution is -0.237. The lowest BCUT2D eigenvalue weighted by Crippen LogP contribution is -2.66. The number of hydrogen-bond donors (Lipinski definition) is 1. The molecule has 0 spiro atoms. The molecule has 0 aliphatic heterocycles. The number of Topliss-reactive ketones (excluding diaryl/α,β-unsaturated/α-hetero) is 1. The van der Waals surface area contributed by atoms with Gasteiger partial charge in [-0.25, -0.2) is 4.79 Å². The number of ketones is 1. The van der Waals surface area contributed by atoms with E-state index in [0.717, 1.165) is 6.92 Å². The minimum Gasteiger partial charge on any atom is -0.462 e. The number of carbonyl (C=O) groups excluding carboxylic acids is 6. The molecule has 13 nitrogen and oxygen atoms in total. The van der Waals surface area contributed by atoms with E-state index in [4.69, 9.17) is 23.7 Å². The van der Waals surface area contributed by atoms with E-state index in [1.54, 1.807) is 26.8 Å². The highest BCUT2D eigenvalue weighted by molar-refractivity contribution is 5.98. The van der Waals surface area contributed by atoms with Gasteiger partial charge < -0.3 is 28.8 Å². The molecule has 4 fully saturated rings. The third-order valence-corrected chi connectivity index (χ3v) is 12.5. The zero-order chi connectivity index (χ0) is 38.6. The van der Waals surface area contributed by atoms with Crippen molar-refractivity contribution in [2.45, 2.75) is 124 Å². The summed E-state index contributed by atoms with van der Waals surface area (Å²) in [7, 11) is 0. The van der Waals surface area contributed by atoms with Crippen LogP contribution in [0.1, 0.15) is 105 Å². The van der Waals surface area contributed by atoms with E-state index < -0.39 is 112 Å². The first-order valence-corrected chi connectivity index (χ1v) is 18.4. The number of esters is 5. The minimum atomic E-state index is -2.37. The second-order valence-electron chi connectivity index (χ2n) is 16.2. The van der Waals surface area contributed by atoms with Crippen LogP contribution in [0, 0.1) is 46.3 Å². The van der Waals surface area contributed by atoms with Crippen LogP contribution in [0.25, 0.3) is 0 Å². The maximum atomic E-state index is 15.4. The predicted octanol–water partition coefficient (Wildman–Crippen LogP) is 4.41. The van der Waals surface area contributed by atoms with Gasteiger partial charge in [-0.3, -0.25) is 29.0 Å². The maximum Gasteiger partial charge on any atom is 0.339 e. The first kappa shape index (κ1) is 39.3. The molecule has 4 aliphatic rings. The molecular formula is C39H53NO12. The average Bonchev–Trinajstić information content (AvgIpc) is 3.52. The summed E-state index contributed by atoms with van der Waals surface area (Å²) in [4.78, 5) is 86.6. The Labute approximate surface area is 304 Å². The van der Waals surface area contributed by atoms with Crippen LogP contribution in [0.2, 0.25) is 0 Å². The van der Waals surface area contributed by atoms with Crippen molar-refractivity contribution in [1.82, 2.24) is 4.98 Å². The third kappa shape index (κ3) is 6.40. The summed E-state index contributed by atoms with van der Waals surface area (Å²) in [5.74, 6) is -8.82. The van der Waals surface area contributed by atoms with Crippen LogP contribution in [-0.4, -0.2) is 81.8 Å². The van der Waals surface area contributed by atoms with E-state index in [0.29, 0.717) is 12.8 Å². The average molecular weight is 728 g/mol. The summed E-state index contributed by atoms with van der Waals surface area (Å²) >= 11 is 0. The van der Waals surface area contributed by atoms with Crippen molar-refractivity contribution in [3.8, 4) is 0 Å². The predicted molar refractivity (Wildman–Crippen MR) is 183 cm³/mol. The number of rotatable bonds is 11. The maximum absolute atomic E-state index is 15.4. The van der Waals surface area contributed by atoms with Gasteiger partial charge in [0.2, 0.25) is 5.78 Å². The van der Waals surface area contributed by atoms with Gasteiger partial charge in [0.1, 0.15) is 30.5 Å². The topological polar surface area (TPSA) is 182 Å². The summed E-state index contributed by atoms with van der Waals surface area (Å²) in [5.41, 5.74) is -6.70. The zero-order valence-corrected chi connectivity index (χ0v) is 31.6. The van der Waals surface area contributed by atoms with Crippen molar-refractivity contribution in [1.29, 1.82) is 0 Å². The van der Waals surface area contributed by atoms with Gasteiger partial charge in [0, 0.05) is 38.6 Å². The molecule has 12 atom stereocenters. The van der Waals surface area contributed by atoms with E-state index in [1.165, 1.54) is 32.3 Å². The van der Waals surface area contributed by atoms with Crippen LogP contribution in [0.4, 0.5) is 0 Å². The van der Waals surface area contributed by atoms with E-state index in [2.05, 4.69) is 4.98 Å². The summed E-state index contributed by atoms with van der Waals surface area (Å²) in [6, 6.07) is 3.07. The summed E-state index contributed by atoms with van der Waals surface area (Å²) < 4.78 is 31.0. The molecular weight excluding hydrogens is 674 g/mol. The smallest absolute Gasteiger partial charge is 0.339 e. The Kier molecular flexibility index (Phi) is 10.7. The molecule has 0 amide bonds. The van der Waals surface area contributed by atoms with E-state index in [1.807, 2.05) is 20.8 Å². The number of hydrogen-bond acceptors (Lipinski definition) is 13. The third-order valence-electron chi connectivity index (χ3n) is 12.5. The van der Waals surface area contributed by atoms with E-state index >= 15 is 4.79 Å². The second-order valence-corrected chi connectivity index (χ2v) is 16.2. The van der Waals surface area contributed by atoms with Gasteiger partial charge in [0.25, 0.3) is 0 Å². The van der Waals surface area contributed by atoms with Crippen molar-refractivity contribution in [2.24, 2.45) is 46.3 Å². The van der Waals surface area contributed by atoms with Gasteiger partial charge in [-0.05, 0) is 67.9 Å². The Morgan fingerprint density at radius 2 is 1.71 bits per heavy atom. The fourth-order valence-electron chi connectivity index (χ4n) is 10.0. The molecule has 1 heterocycles. The van der Waals surface area contributed by atoms with E-state index in [9.17, 15) is 29.1 Å². The van der Waals surface area contributed by atoms with Crippen molar-refractivity contribution in [2.75, 3.05) is 6.61 Å². The van der Waals surface area contributed by atoms with Gasteiger partial charge in [0.05, 0.1) is 22.8 Å². The first-order valence-electron chi connectivity index (χ1n) is 18.4. The normalized spacial score (nSPS) is 37.5. The van der Waals surface area contributed by atoms with Crippen molar-refractivity contribution >= 4 is 35.6 Å². The van der Waals surface area contributed by atoms with Gasteiger partial charge in [-0.15, -0.1) is 0 Å². The Morgan fingerprint density at radius 1 is 1.02 bits per heavy atom. The molecule has 13 heteroatoms. The van der Waals surface area contributed by atoms with Crippen LogP contribution in [0.3, 0.4) is 0 Å². The van der Waals surface area contributed by atoms with Crippen LogP contribution < -0.4 is 0 Å². The molecule has 0 bridgehead atoms. The van der Waals surface area contributed by atoms with Crippen LogP contribution in [0.15, 0.2) is 24.5 Å². The Balaban J connectivity index is 1.87. The van der Waals surface area contributed by atoms with Gasteiger partial charge >= 0.3 is 29.8 Å². The van der Waals surface area contributed by atoms with Crippen molar-refractivity contribution in [3.05, 3.63) is 30.1 Å². The molecule has 0 radical (unpaired) electrons. The van der Waals surface area contributed by atoms with Gasteiger partial charge in [0.15, 0.2) is 5.60 Å². The molecule has 52 heavy (non-hydrogen) atoms. The molecule has 0 aromatic carbocycles. The Hall–Kier alpha value is -3.87. The lowest BCUT2D eigenvalue weighted by atomic mass is 9.55. The summed E-state index contributed by atoms with van der Waals surface area (Å²) in [6.07, 6.45) is -0.174. The van der Waals surface area contributed by atoms with Crippen LogP contribution >= 0.6 is 0 Å². The molecule has 5 rings (SSSR count). The van der Waals surface area contributed by atoms with Crippen LogP contribution in [-0.2, 0) is 47.7 Å². The highest BCUT2D eigenvalue weighted by Gasteiger charge is 2.84. The van der Waals surface area contributed by atoms with Crippen molar-refractivity contribution in [3.63, 3.8) is 0 Å². The van der Waals surface area contributed by atoms with Crippen LogP contribution in [0.5, 0.6) is 0 Å². The number of carbonyl (C=O) groups is 6. The molecule has 1 aromatic rings. The summed E-state index contributed by atoms with van der Waals surface area (Å²) in [5, 5.41) is 12.9. The number of nitrogens with zero attached hydrogens (tertiary/aromatic N) is 1. The molecule has 1 N–H and O–H groups in total. The standard InChI is InChI=1S/C39H53NO12/c1-10-13-27(43)50-30-21(4)17-39(47)29(30)32(51-33(44)20(3)11-2)38(19-48-34(45)24-14-12-15-40-18-24)26(49-22(5)41)16-25-28(36(25,7)8)31(38)37(9,35(39)46)52-23(6)42/h12,14-15,18,20-21,25-26,28-32,47H,10-11,13,16-17,19H2,1-9H3. The number of pyridine rings is 1. The molecule has 1 aromatic heterocycles. The van der Waals surface area contributed by atoms with Crippen molar-refractivity contribution < 1.29 is 57.6 Å². The number of aliphatic hydroxyl groups is 1. The summed E-state index contributed by atoms with van der Waals surface area (Å²) in [6.45, 7) is 14.2. The quantitative estimate of drug-likeness (QED) is 0.250. The zero-order valence-electron chi connectivity index (χ0n) is 31.6. The van der Waals surface area contributed by atoms with E-state index in [-0.39, 0.29) is 30.7 Å². The Bertz CT molecular complexity index is 1590. The SMILES string of the molecule is CCCC(=O)OC1C(C)CC2(O)C(=O)C(C)(OC(C)=O)C3C4C(CC(OC(C)=O)C3(COC(=O)c3cccnc3)C(OC(=O)C(C)CC)C12)C4(C)C. The molecule has 12 unspecified atom stereocenters. The number of ether oxygens (including phenoxy) is 5. The molecule has 286 valence electrons. The largest absolute Gasteiger partial charge is 0.462 e. The molecule has 4 aliphatic carbocycles. The highest BCUT2D eigenvalue weighted by Crippen LogP contribution is 2.76. The fraction of sp³-hybridized carbons (Fsp3) is 0.718. The van der Waals surface area contributed by atoms with Gasteiger partial charge in [-0.2, -0.15) is 0 Å². The molecule has 0 saturated heterocycles. The fourth-order valence-corrected chi connectivity index (χ4v) is 10.0. The molecule has 4 saturated carbocycles. The second kappa shape index (κ2) is 14.2. The minimum absolute atomic E-state index is 0.0509. The highest BCUT2D eigenvalue weighted by atomic mass is 16.6.